The molecule has 0 aliphatic heterocycles. The highest BCUT2D eigenvalue weighted by atomic mass is 79.9. The van der Waals surface area contributed by atoms with Gasteiger partial charge in [-0.3, -0.25) is 0 Å². The second-order valence-corrected chi connectivity index (χ2v) is 3.17. The van der Waals surface area contributed by atoms with Crippen LogP contribution in [0.15, 0.2) is 16.7 Å². The topological polar surface area (TPSA) is 42.4 Å². The molecule has 4 heteroatoms. The number of aromatic nitrogens is 1. The number of ether oxygens (including phenoxy) is 1. The van der Waals surface area contributed by atoms with Crippen molar-refractivity contribution in [3.8, 4) is 0 Å². The standard InChI is InChI=1S/C8H10BrNO2/c1-5-3-4-6(7(9)10-5)8(11)12-2/h3-4,8,11H,1-2H3. The number of aryl methyl sites for hydroxylation is 1. The minimum Gasteiger partial charge on any atom is -0.364 e. The molecule has 12 heavy (non-hydrogen) atoms. The largest absolute Gasteiger partial charge is 0.364 e. The van der Waals surface area contributed by atoms with E-state index in [1.54, 1.807) is 6.07 Å². The highest BCUT2D eigenvalue weighted by Crippen LogP contribution is 2.21. The number of hydrogen-bond acceptors (Lipinski definition) is 3. The summed E-state index contributed by atoms with van der Waals surface area (Å²) in [5, 5.41) is 9.31. The van der Waals surface area contributed by atoms with Gasteiger partial charge in [-0.1, -0.05) is 0 Å². The van der Waals surface area contributed by atoms with Crippen molar-refractivity contribution in [2.45, 2.75) is 13.2 Å². The fourth-order valence-electron chi connectivity index (χ4n) is 0.847. The number of nitrogens with zero attached hydrogens (tertiary/aromatic N) is 1. The molecule has 1 atom stereocenters. The van der Waals surface area contributed by atoms with Crippen LogP contribution in [-0.2, 0) is 4.74 Å². The Morgan fingerprint density at radius 3 is 2.75 bits per heavy atom. The van der Waals surface area contributed by atoms with Crippen molar-refractivity contribution < 1.29 is 9.84 Å². The lowest BCUT2D eigenvalue weighted by molar-refractivity contribution is -0.0776. The molecule has 1 unspecified atom stereocenters. The summed E-state index contributed by atoms with van der Waals surface area (Å²) in [6.45, 7) is 1.88. The Labute approximate surface area is 79.5 Å². The van der Waals surface area contributed by atoms with Crippen LogP contribution in [0.1, 0.15) is 17.5 Å². The van der Waals surface area contributed by atoms with Gasteiger partial charge in [0.2, 0.25) is 0 Å². The van der Waals surface area contributed by atoms with E-state index < -0.39 is 6.29 Å². The van der Waals surface area contributed by atoms with Crippen LogP contribution in [0.5, 0.6) is 0 Å². The van der Waals surface area contributed by atoms with Crippen molar-refractivity contribution in [1.82, 2.24) is 4.98 Å². The summed E-state index contributed by atoms with van der Waals surface area (Å²) < 4.78 is 5.36. The molecule has 0 spiro atoms. The smallest absolute Gasteiger partial charge is 0.183 e. The number of aliphatic hydroxyl groups is 1. The molecule has 1 heterocycles. The van der Waals surface area contributed by atoms with E-state index in [1.807, 2.05) is 13.0 Å². The van der Waals surface area contributed by atoms with Gasteiger partial charge in [0.15, 0.2) is 6.29 Å². The number of aliphatic hydroxyl groups excluding tert-OH is 1. The first-order valence-corrected chi connectivity index (χ1v) is 4.28. The Morgan fingerprint density at radius 1 is 1.58 bits per heavy atom. The van der Waals surface area contributed by atoms with Gasteiger partial charge in [0.1, 0.15) is 4.60 Å². The first-order valence-electron chi connectivity index (χ1n) is 3.49. The monoisotopic (exact) mass is 231 g/mol. The van der Waals surface area contributed by atoms with Crippen molar-refractivity contribution in [2.75, 3.05) is 7.11 Å². The molecule has 3 nitrogen and oxygen atoms in total. The van der Waals surface area contributed by atoms with E-state index in [0.29, 0.717) is 10.2 Å². The fraction of sp³-hybridized carbons (Fsp3) is 0.375. The third kappa shape index (κ3) is 2.03. The predicted octanol–water partition coefficient (Wildman–Crippen LogP) is 1.79. The zero-order valence-corrected chi connectivity index (χ0v) is 8.50. The molecule has 0 fully saturated rings. The predicted molar refractivity (Wildman–Crippen MR) is 48.6 cm³/mol. The second kappa shape index (κ2) is 3.98. The van der Waals surface area contributed by atoms with Gasteiger partial charge in [-0.25, -0.2) is 4.98 Å². The van der Waals surface area contributed by atoms with E-state index in [1.165, 1.54) is 7.11 Å². The lowest BCUT2D eigenvalue weighted by atomic mass is 10.2. The first kappa shape index (κ1) is 9.64. The second-order valence-electron chi connectivity index (χ2n) is 2.42. The zero-order valence-electron chi connectivity index (χ0n) is 6.91. The van der Waals surface area contributed by atoms with Crippen molar-refractivity contribution in [3.63, 3.8) is 0 Å². The van der Waals surface area contributed by atoms with E-state index in [4.69, 9.17) is 4.74 Å². The average Bonchev–Trinajstić information content (AvgIpc) is 2.03. The van der Waals surface area contributed by atoms with Crippen molar-refractivity contribution in [2.24, 2.45) is 0 Å². The van der Waals surface area contributed by atoms with E-state index in [2.05, 4.69) is 20.9 Å². The first-order chi connectivity index (χ1) is 5.65. The number of methoxy groups -OCH3 is 1. The van der Waals surface area contributed by atoms with Gasteiger partial charge in [0, 0.05) is 18.4 Å². The summed E-state index contributed by atoms with van der Waals surface area (Å²) in [7, 11) is 1.44. The zero-order chi connectivity index (χ0) is 9.14. The number of rotatable bonds is 2. The van der Waals surface area contributed by atoms with Gasteiger partial charge in [0.05, 0.1) is 0 Å². The van der Waals surface area contributed by atoms with Crippen molar-refractivity contribution in [3.05, 3.63) is 28.0 Å². The normalized spacial score (nSPS) is 13.0. The summed E-state index contributed by atoms with van der Waals surface area (Å²) in [6.07, 6.45) is -0.910. The molecule has 1 N–H and O–H groups in total. The Balaban J connectivity index is 3.01. The van der Waals surface area contributed by atoms with E-state index in [0.717, 1.165) is 5.69 Å². The molecule has 0 saturated heterocycles. The third-order valence-corrected chi connectivity index (χ3v) is 2.14. The fourth-order valence-corrected chi connectivity index (χ4v) is 1.45. The van der Waals surface area contributed by atoms with E-state index >= 15 is 0 Å². The molecule has 0 bridgehead atoms. The van der Waals surface area contributed by atoms with Crippen LogP contribution in [0.2, 0.25) is 0 Å². The van der Waals surface area contributed by atoms with Crippen LogP contribution < -0.4 is 0 Å². The Morgan fingerprint density at radius 2 is 2.25 bits per heavy atom. The Hall–Kier alpha value is -0.450. The SMILES string of the molecule is COC(O)c1ccc(C)nc1Br. The number of pyridine rings is 1. The van der Waals surface area contributed by atoms with Crippen LogP contribution in [-0.4, -0.2) is 17.2 Å². The number of hydrogen-bond donors (Lipinski definition) is 1. The van der Waals surface area contributed by atoms with Gasteiger partial charge in [-0.15, -0.1) is 0 Å². The quantitative estimate of drug-likeness (QED) is 0.624. The Bertz CT molecular complexity index is 278. The summed E-state index contributed by atoms with van der Waals surface area (Å²) in [5.41, 5.74) is 1.54. The molecule has 0 aromatic carbocycles. The van der Waals surface area contributed by atoms with Crippen LogP contribution >= 0.6 is 15.9 Å². The van der Waals surface area contributed by atoms with Crippen LogP contribution in [0.3, 0.4) is 0 Å². The van der Waals surface area contributed by atoms with Gasteiger partial charge in [0.25, 0.3) is 0 Å². The van der Waals surface area contributed by atoms with Gasteiger partial charge in [-0.05, 0) is 35.0 Å². The average molecular weight is 232 g/mol. The van der Waals surface area contributed by atoms with Crippen molar-refractivity contribution >= 4 is 15.9 Å². The molecule has 0 aliphatic carbocycles. The highest BCUT2D eigenvalue weighted by Gasteiger charge is 2.10. The lowest BCUT2D eigenvalue weighted by Gasteiger charge is -2.09. The van der Waals surface area contributed by atoms with Gasteiger partial charge < -0.3 is 9.84 Å². The minimum atomic E-state index is -0.910. The van der Waals surface area contributed by atoms with Crippen LogP contribution in [0, 0.1) is 6.92 Å². The van der Waals surface area contributed by atoms with Crippen LogP contribution in [0.25, 0.3) is 0 Å². The summed E-state index contributed by atoms with van der Waals surface area (Å²) in [4.78, 5) is 4.12. The Kier molecular flexibility index (Phi) is 3.20. The third-order valence-electron chi connectivity index (χ3n) is 1.51. The maximum absolute atomic E-state index is 9.31. The molecule has 1 aromatic heterocycles. The van der Waals surface area contributed by atoms with Crippen LogP contribution in [0.4, 0.5) is 0 Å². The molecule has 0 saturated carbocycles. The van der Waals surface area contributed by atoms with Gasteiger partial charge in [-0.2, -0.15) is 0 Å². The van der Waals surface area contributed by atoms with Crippen molar-refractivity contribution in [1.29, 1.82) is 0 Å². The summed E-state index contributed by atoms with van der Waals surface area (Å²) >= 11 is 3.24. The van der Waals surface area contributed by atoms with E-state index in [-0.39, 0.29) is 0 Å². The number of halogens is 1. The lowest BCUT2D eigenvalue weighted by Crippen LogP contribution is -2.01. The molecule has 0 aliphatic rings. The molecule has 66 valence electrons. The molecular formula is C8H10BrNO2. The highest BCUT2D eigenvalue weighted by molar-refractivity contribution is 9.10. The van der Waals surface area contributed by atoms with Gasteiger partial charge >= 0.3 is 0 Å². The molecule has 1 rings (SSSR count). The molecule has 1 aromatic rings. The maximum atomic E-state index is 9.31. The minimum absolute atomic E-state index is 0.622. The molecule has 0 amide bonds. The summed E-state index contributed by atoms with van der Waals surface area (Å²) in [5.74, 6) is 0. The molecular weight excluding hydrogens is 222 g/mol. The maximum Gasteiger partial charge on any atom is 0.183 e. The van der Waals surface area contributed by atoms with E-state index in [9.17, 15) is 5.11 Å². The molecule has 0 radical (unpaired) electrons. The summed E-state index contributed by atoms with van der Waals surface area (Å²) in [6, 6.07) is 3.60.